The first kappa shape index (κ1) is 16.8. The predicted octanol–water partition coefficient (Wildman–Crippen LogP) is 2.95. The van der Waals surface area contributed by atoms with E-state index in [1.165, 1.54) is 0 Å². The Hall–Kier alpha value is -0.290. The Balaban J connectivity index is 2.21. The minimum Gasteiger partial charge on any atom is -0.316 e. The van der Waals surface area contributed by atoms with Gasteiger partial charge in [-0.1, -0.05) is 36.2 Å². The molecule has 0 saturated heterocycles. The molecule has 108 valence electrons. The van der Waals surface area contributed by atoms with Crippen LogP contribution >= 0.6 is 23.2 Å². The zero-order chi connectivity index (χ0) is 14.3. The lowest BCUT2D eigenvalue weighted by atomic mass is 10.1. The fourth-order valence-corrected chi connectivity index (χ4v) is 3.01. The minimum absolute atomic E-state index is 0.216. The molecule has 0 saturated carbocycles. The highest BCUT2D eigenvalue weighted by atomic mass is 35.5. The number of halogens is 2. The SMILES string of the molecule is CCS(=O)(=O)CCCNCCc1ccc(Cl)cc1Cl. The number of hydrogen-bond donors (Lipinski definition) is 1. The Kier molecular flexibility index (Phi) is 7.15. The smallest absolute Gasteiger partial charge is 0.150 e. The van der Waals surface area contributed by atoms with E-state index in [0.717, 1.165) is 18.5 Å². The number of benzene rings is 1. The molecule has 0 fully saturated rings. The first-order valence-electron chi connectivity index (χ1n) is 6.29. The standard InChI is InChI=1S/C13H19Cl2NO2S/c1-2-19(17,18)9-3-7-16-8-6-11-4-5-12(14)10-13(11)15/h4-5,10,16H,2-3,6-9H2,1H3. The molecule has 1 N–H and O–H groups in total. The van der Waals surface area contributed by atoms with Crippen molar-refractivity contribution in [1.82, 2.24) is 5.32 Å². The van der Waals surface area contributed by atoms with Crippen LogP contribution < -0.4 is 5.32 Å². The van der Waals surface area contributed by atoms with E-state index in [9.17, 15) is 8.42 Å². The van der Waals surface area contributed by atoms with E-state index in [1.807, 2.05) is 12.1 Å². The van der Waals surface area contributed by atoms with Gasteiger partial charge in [0.15, 0.2) is 0 Å². The van der Waals surface area contributed by atoms with Gasteiger partial charge in [0.05, 0.1) is 5.75 Å². The summed E-state index contributed by atoms with van der Waals surface area (Å²) in [6, 6.07) is 5.46. The summed E-state index contributed by atoms with van der Waals surface area (Å²) >= 11 is 11.9. The van der Waals surface area contributed by atoms with Crippen LogP contribution in [0.3, 0.4) is 0 Å². The highest BCUT2D eigenvalue weighted by molar-refractivity contribution is 7.91. The molecule has 0 amide bonds. The third kappa shape index (κ3) is 6.61. The van der Waals surface area contributed by atoms with Crippen molar-refractivity contribution in [2.75, 3.05) is 24.6 Å². The maximum absolute atomic E-state index is 11.3. The van der Waals surface area contributed by atoms with Gasteiger partial charge in [-0.3, -0.25) is 0 Å². The lowest BCUT2D eigenvalue weighted by molar-refractivity contribution is 0.590. The van der Waals surface area contributed by atoms with Gasteiger partial charge in [-0.25, -0.2) is 8.42 Å². The maximum atomic E-state index is 11.3. The van der Waals surface area contributed by atoms with Crippen LogP contribution in [0.1, 0.15) is 18.9 Å². The van der Waals surface area contributed by atoms with Crippen LogP contribution in [0.15, 0.2) is 18.2 Å². The third-order valence-corrected chi connectivity index (χ3v) is 5.21. The number of hydrogen-bond acceptors (Lipinski definition) is 3. The average molecular weight is 324 g/mol. The lowest BCUT2D eigenvalue weighted by Gasteiger charge is -2.07. The van der Waals surface area contributed by atoms with E-state index in [-0.39, 0.29) is 11.5 Å². The van der Waals surface area contributed by atoms with Crippen LogP contribution in [0.5, 0.6) is 0 Å². The van der Waals surface area contributed by atoms with Gasteiger partial charge >= 0.3 is 0 Å². The van der Waals surface area contributed by atoms with Crippen LogP contribution in [-0.2, 0) is 16.3 Å². The summed E-state index contributed by atoms with van der Waals surface area (Å²) in [6.45, 7) is 3.14. The number of rotatable bonds is 8. The van der Waals surface area contributed by atoms with Crippen LogP contribution in [0.2, 0.25) is 10.0 Å². The first-order chi connectivity index (χ1) is 8.94. The summed E-state index contributed by atoms with van der Waals surface area (Å²) in [4.78, 5) is 0. The molecule has 0 atom stereocenters. The van der Waals surface area contributed by atoms with E-state index in [1.54, 1.807) is 13.0 Å². The molecule has 0 aliphatic heterocycles. The van der Waals surface area contributed by atoms with Crippen LogP contribution in [0, 0.1) is 0 Å². The normalized spacial score (nSPS) is 11.7. The Morgan fingerprint density at radius 1 is 1.21 bits per heavy atom. The minimum atomic E-state index is -2.85. The highest BCUT2D eigenvalue weighted by Gasteiger charge is 2.06. The molecule has 0 heterocycles. The molecule has 19 heavy (non-hydrogen) atoms. The van der Waals surface area contributed by atoms with Gasteiger partial charge in [-0.15, -0.1) is 0 Å². The Morgan fingerprint density at radius 2 is 1.95 bits per heavy atom. The Morgan fingerprint density at radius 3 is 2.58 bits per heavy atom. The monoisotopic (exact) mass is 323 g/mol. The van der Waals surface area contributed by atoms with Gasteiger partial charge in [0.25, 0.3) is 0 Å². The van der Waals surface area contributed by atoms with Crippen molar-refractivity contribution in [2.45, 2.75) is 19.8 Å². The second-order valence-electron chi connectivity index (χ2n) is 4.33. The van der Waals surface area contributed by atoms with Crippen molar-refractivity contribution >= 4 is 33.0 Å². The average Bonchev–Trinajstić information content (AvgIpc) is 2.35. The topological polar surface area (TPSA) is 46.2 Å². The molecule has 6 heteroatoms. The Bertz CT molecular complexity index is 503. The molecular formula is C13H19Cl2NO2S. The molecule has 0 unspecified atom stereocenters. The molecule has 1 aromatic carbocycles. The van der Waals surface area contributed by atoms with Gasteiger partial charge in [0.1, 0.15) is 9.84 Å². The third-order valence-electron chi connectivity index (χ3n) is 2.83. The van der Waals surface area contributed by atoms with Gasteiger partial charge < -0.3 is 5.32 Å². The quantitative estimate of drug-likeness (QED) is 0.748. The molecule has 1 rings (SSSR count). The fraction of sp³-hybridized carbons (Fsp3) is 0.538. The Labute approximate surface area is 125 Å². The zero-order valence-electron chi connectivity index (χ0n) is 11.0. The molecule has 3 nitrogen and oxygen atoms in total. The van der Waals surface area contributed by atoms with Crippen molar-refractivity contribution in [3.63, 3.8) is 0 Å². The summed E-state index contributed by atoms with van der Waals surface area (Å²) in [5.74, 6) is 0.464. The van der Waals surface area contributed by atoms with E-state index in [2.05, 4.69) is 5.32 Å². The van der Waals surface area contributed by atoms with Crippen LogP contribution in [0.4, 0.5) is 0 Å². The fourth-order valence-electron chi connectivity index (χ4n) is 1.63. The molecule has 0 radical (unpaired) electrons. The molecular weight excluding hydrogens is 305 g/mol. The largest absolute Gasteiger partial charge is 0.316 e. The summed E-state index contributed by atoms with van der Waals surface area (Å²) < 4.78 is 22.5. The molecule has 0 spiro atoms. The van der Waals surface area contributed by atoms with E-state index >= 15 is 0 Å². The highest BCUT2D eigenvalue weighted by Crippen LogP contribution is 2.20. The van der Waals surface area contributed by atoms with Crippen molar-refractivity contribution in [2.24, 2.45) is 0 Å². The first-order valence-corrected chi connectivity index (χ1v) is 8.87. The van der Waals surface area contributed by atoms with E-state index in [4.69, 9.17) is 23.2 Å². The second-order valence-corrected chi connectivity index (χ2v) is 7.64. The van der Waals surface area contributed by atoms with Crippen molar-refractivity contribution in [1.29, 1.82) is 0 Å². The maximum Gasteiger partial charge on any atom is 0.150 e. The van der Waals surface area contributed by atoms with Crippen molar-refractivity contribution in [3.8, 4) is 0 Å². The van der Waals surface area contributed by atoms with Crippen molar-refractivity contribution in [3.05, 3.63) is 33.8 Å². The number of nitrogens with one attached hydrogen (secondary N) is 1. The van der Waals surface area contributed by atoms with Gasteiger partial charge in [0.2, 0.25) is 0 Å². The predicted molar refractivity (Wildman–Crippen MR) is 82.0 cm³/mol. The molecule has 0 aromatic heterocycles. The van der Waals surface area contributed by atoms with Crippen LogP contribution in [-0.4, -0.2) is 33.0 Å². The van der Waals surface area contributed by atoms with Crippen LogP contribution in [0.25, 0.3) is 0 Å². The molecule has 0 bridgehead atoms. The molecule has 0 aliphatic rings. The van der Waals surface area contributed by atoms with E-state index < -0.39 is 9.84 Å². The second kappa shape index (κ2) is 8.10. The number of sulfone groups is 1. The molecule has 1 aromatic rings. The zero-order valence-corrected chi connectivity index (χ0v) is 13.3. The van der Waals surface area contributed by atoms with Gasteiger partial charge in [-0.05, 0) is 43.6 Å². The summed E-state index contributed by atoms with van der Waals surface area (Å²) in [5, 5.41) is 4.52. The summed E-state index contributed by atoms with van der Waals surface area (Å²) in [7, 11) is -2.85. The van der Waals surface area contributed by atoms with Gasteiger partial charge in [-0.2, -0.15) is 0 Å². The van der Waals surface area contributed by atoms with E-state index in [0.29, 0.717) is 23.0 Å². The summed E-state index contributed by atoms with van der Waals surface area (Å²) in [6.07, 6.45) is 1.45. The van der Waals surface area contributed by atoms with Crippen molar-refractivity contribution < 1.29 is 8.42 Å². The molecule has 0 aliphatic carbocycles. The lowest BCUT2D eigenvalue weighted by Crippen LogP contribution is -2.21. The summed E-state index contributed by atoms with van der Waals surface area (Å²) in [5.41, 5.74) is 1.04. The van der Waals surface area contributed by atoms with Gasteiger partial charge in [0, 0.05) is 15.8 Å².